The van der Waals surface area contributed by atoms with Gasteiger partial charge in [0, 0.05) is 31.4 Å². The number of benzene rings is 4. The van der Waals surface area contributed by atoms with E-state index in [9.17, 15) is 24.6 Å². The summed E-state index contributed by atoms with van der Waals surface area (Å²) in [5, 5.41) is 27.7. The summed E-state index contributed by atoms with van der Waals surface area (Å²) >= 11 is 0. The molecule has 4 rings (SSSR count). The molecule has 10 heteroatoms. The summed E-state index contributed by atoms with van der Waals surface area (Å²) in [7, 11) is -1.37. The van der Waals surface area contributed by atoms with Gasteiger partial charge in [0.15, 0.2) is 0 Å². The number of hydrogen-bond acceptors (Lipinski definition) is 5. The van der Waals surface area contributed by atoms with Crippen molar-refractivity contribution in [3.8, 4) is 0 Å². The Labute approximate surface area is 376 Å². The number of hydrogen-bond donors (Lipinski definition) is 0. The van der Waals surface area contributed by atoms with Gasteiger partial charge in [0.05, 0.1) is 0 Å². The molecule has 0 aliphatic carbocycles. The maximum absolute atomic E-state index is 14.5. The Morgan fingerprint density at radius 2 is 0.909 bits per heavy atom. The molecule has 0 saturated heterocycles. The van der Waals surface area contributed by atoms with Gasteiger partial charge in [0.2, 0.25) is 5.91 Å². The Hall–Kier alpha value is -1.85. The second-order valence-corrected chi connectivity index (χ2v) is 18.8. The molecular formula is C45H55NNa2O5P2. The van der Waals surface area contributed by atoms with Crippen LogP contribution >= 0.6 is 15.8 Å². The molecule has 1 amide bonds. The first kappa shape index (κ1) is 49.3. The van der Waals surface area contributed by atoms with Crippen LogP contribution in [0.4, 0.5) is 0 Å². The van der Waals surface area contributed by atoms with Gasteiger partial charge in [-0.15, -0.1) is 0 Å². The normalized spacial score (nSPS) is 12.6. The molecule has 0 radical (unpaired) electrons. The molecule has 0 spiro atoms. The summed E-state index contributed by atoms with van der Waals surface area (Å²) in [6.07, 6.45) is 6.37. The third-order valence-electron chi connectivity index (χ3n) is 10.2. The Morgan fingerprint density at radius 3 is 1.27 bits per heavy atom. The average Bonchev–Trinajstić information content (AvgIpc) is 3.18. The van der Waals surface area contributed by atoms with Crippen molar-refractivity contribution in [2.24, 2.45) is 17.8 Å². The zero-order chi connectivity index (χ0) is 37.8. The molecule has 0 bridgehead atoms. The molecule has 0 aromatic heterocycles. The number of amides is 1. The van der Waals surface area contributed by atoms with Crippen molar-refractivity contribution >= 4 is 54.9 Å². The van der Waals surface area contributed by atoms with Crippen LogP contribution in [0.2, 0.25) is 0 Å². The van der Waals surface area contributed by atoms with E-state index in [1.54, 1.807) is 0 Å². The van der Waals surface area contributed by atoms with Crippen molar-refractivity contribution in [1.82, 2.24) is 4.90 Å². The number of carboxylic acids is 2. The average molecular weight is 798 g/mol. The van der Waals surface area contributed by atoms with E-state index in [-0.39, 0.29) is 95.6 Å². The molecule has 3 unspecified atom stereocenters. The van der Waals surface area contributed by atoms with Crippen LogP contribution in [0.1, 0.15) is 71.6 Å². The van der Waals surface area contributed by atoms with Gasteiger partial charge in [-0.1, -0.05) is 142 Å². The zero-order valence-electron chi connectivity index (χ0n) is 33.4. The van der Waals surface area contributed by atoms with Crippen LogP contribution < -0.4 is 90.5 Å². The first-order chi connectivity index (χ1) is 25.7. The van der Waals surface area contributed by atoms with Gasteiger partial charge in [-0.3, -0.25) is 4.79 Å². The Kier molecular flexibility index (Phi) is 24.9. The molecule has 3 atom stereocenters. The molecule has 0 aliphatic heterocycles. The fourth-order valence-corrected chi connectivity index (χ4v) is 11.8. The minimum Gasteiger partial charge on any atom is -0.550 e. The molecule has 0 heterocycles. The number of carbonyl (C=O) groups is 3. The molecule has 0 fully saturated rings. The summed E-state index contributed by atoms with van der Waals surface area (Å²) in [5.74, 6) is -1.39. The molecule has 6 nitrogen and oxygen atoms in total. The second kappa shape index (κ2) is 27.7. The predicted octanol–water partition coefficient (Wildman–Crippen LogP) is -0.0121. The van der Waals surface area contributed by atoms with E-state index in [0.717, 1.165) is 31.6 Å². The number of nitrogens with zero attached hydrogens (tertiary/aromatic N) is 1. The largest absolute Gasteiger partial charge is 1.00 e. The van der Waals surface area contributed by atoms with Crippen LogP contribution in [0.3, 0.4) is 0 Å². The number of rotatable bonds is 24. The molecular weight excluding hydrogens is 742 g/mol. The van der Waals surface area contributed by atoms with Crippen molar-refractivity contribution in [3.63, 3.8) is 0 Å². The van der Waals surface area contributed by atoms with Crippen molar-refractivity contribution in [3.05, 3.63) is 121 Å². The zero-order valence-corrected chi connectivity index (χ0v) is 39.1. The first-order valence-electron chi connectivity index (χ1n) is 19.2. The van der Waals surface area contributed by atoms with Gasteiger partial charge in [-0.25, -0.2) is 0 Å². The van der Waals surface area contributed by atoms with Gasteiger partial charge in [0.1, 0.15) is 0 Å². The molecule has 4 aromatic carbocycles. The summed E-state index contributed by atoms with van der Waals surface area (Å²) in [6, 6.07) is 42.5. The van der Waals surface area contributed by atoms with E-state index < -0.39 is 27.8 Å². The first-order valence-corrected chi connectivity index (χ1v) is 22.2. The van der Waals surface area contributed by atoms with Gasteiger partial charge >= 0.3 is 59.1 Å². The van der Waals surface area contributed by atoms with Crippen molar-refractivity contribution in [2.45, 2.75) is 71.6 Å². The van der Waals surface area contributed by atoms with Crippen LogP contribution in [0, 0.1) is 17.8 Å². The maximum atomic E-state index is 14.5. The van der Waals surface area contributed by atoms with Crippen LogP contribution in [0.15, 0.2) is 121 Å². The summed E-state index contributed by atoms with van der Waals surface area (Å²) in [4.78, 5) is 39.1. The number of carbonyl (C=O) groups excluding carboxylic acids is 3. The summed E-state index contributed by atoms with van der Waals surface area (Å²) < 4.78 is 0. The predicted molar refractivity (Wildman–Crippen MR) is 218 cm³/mol. The van der Waals surface area contributed by atoms with Crippen LogP contribution in [0.25, 0.3) is 0 Å². The van der Waals surface area contributed by atoms with E-state index in [2.05, 4.69) is 116 Å². The van der Waals surface area contributed by atoms with E-state index in [1.165, 1.54) is 21.2 Å². The third-order valence-corrected chi connectivity index (χ3v) is 15.1. The molecule has 4 aromatic rings. The number of carboxylic acid groups (broad SMARTS) is 2. The topological polar surface area (TPSA) is 101 Å². The molecule has 55 heavy (non-hydrogen) atoms. The fraction of sp³-hybridized carbons (Fsp3) is 0.400. The van der Waals surface area contributed by atoms with Crippen LogP contribution in [-0.2, 0) is 14.4 Å². The van der Waals surface area contributed by atoms with Crippen LogP contribution in [0.5, 0.6) is 0 Å². The van der Waals surface area contributed by atoms with Gasteiger partial charge in [-0.05, 0) is 112 Å². The van der Waals surface area contributed by atoms with Gasteiger partial charge in [0.25, 0.3) is 0 Å². The minimum atomic E-state index is -1.04. The molecule has 0 N–H and O–H groups in total. The minimum absolute atomic E-state index is 0. The molecule has 282 valence electrons. The standard InChI is InChI=1S/C45H57NO5P2.2Na/c1-3-37(26-29-45(50)51)35-38(34-36(2)24-28-44(48)49)25-27-43(47)46(30-32-52(39-16-8-4-9-17-39)40-18-10-5-11-19-40)31-33-53(41-20-12-6-13-21-41)42-22-14-7-15-23-42;;/h4-23,36-38H,3,24-35H2,1-2H3,(H,48,49)(H,50,51);;/q;2*+1/p-2. The second-order valence-electron chi connectivity index (χ2n) is 14.1. The Balaban J connectivity index is 0.00000523. The molecule has 0 saturated carbocycles. The van der Waals surface area contributed by atoms with Crippen molar-refractivity contribution < 1.29 is 83.7 Å². The fourth-order valence-electron chi connectivity index (χ4n) is 7.20. The maximum Gasteiger partial charge on any atom is 1.00 e. The van der Waals surface area contributed by atoms with E-state index >= 15 is 0 Å². The Bertz CT molecular complexity index is 1490. The third kappa shape index (κ3) is 18.1. The van der Waals surface area contributed by atoms with Crippen LogP contribution in [-0.4, -0.2) is 48.2 Å². The Morgan fingerprint density at radius 1 is 0.545 bits per heavy atom. The quantitative estimate of drug-likeness (QED) is 0.0735. The van der Waals surface area contributed by atoms with Crippen molar-refractivity contribution in [2.75, 3.05) is 25.4 Å². The summed E-state index contributed by atoms with van der Waals surface area (Å²) in [5.41, 5.74) is 0. The molecule has 0 aliphatic rings. The van der Waals surface area contributed by atoms with Gasteiger partial charge < -0.3 is 24.7 Å². The smallest absolute Gasteiger partial charge is 0.550 e. The SMILES string of the molecule is CCC(CCC(=O)[O-])CC(CCC(=O)N(CCP(c1ccccc1)c1ccccc1)CCP(c1ccccc1)c1ccccc1)CC(C)CCC(=O)[O-].[Na+].[Na+]. The van der Waals surface area contributed by atoms with Gasteiger partial charge in [-0.2, -0.15) is 0 Å². The summed E-state index contributed by atoms with van der Waals surface area (Å²) in [6.45, 7) is 5.45. The van der Waals surface area contributed by atoms with E-state index in [4.69, 9.17) is 0 Å². The van der Waals surface area contributed by atoms with Crippen molar-refractivity contribution in [1.29, 1.82) is 0 Å². The monoisotopic (exact) mass is 797 g/mol. The number of aliphatic carboxylic acids is 2. The van der Waals surface area contributed by atoms with E-state index in [0.29, 0.717) is 38.8 Å². The van der Waals surface area contributed by atoms with E-state index in [1.807, 2.05) is 24.3 Å².